The molecular weight excluding hydrogens is 264 g/mol. The van der Waals surface area contributed by atoms with Crippen molar-refractivity contribution < 1.29 is 9.90 Å². The first-order valence-corrected chi connectivity index (χ1v) is 6.28. The molecule has 100 valence electrons. The van der Waals surface area contributed by atoms with Gasteiger partial charge in [0.2, 0.25) is 0 Å². The second-order valence-electron chi connectivity index (χ2n) is 5.06. The Labute approximate surface area is 116 Å². The van der Waals surface area contributed by atoms with Crippen molar-refractivity contribution in [2.45, 2.75) is 19.4 Å². The summed E-state index contributed by atoms with van der Waals surface area (Å²) in [6.45, 7) is 3.36. The van der Waals surface area contributed by atoms with Gasteiger partial charge in [-0.05, 0) is 38.1 Å². The maximum absolute atomic E-state index is 12.1. The van der Waals surface area contributed by atoms with Gasteiger partial charge in [0.25, 0.3) is 5.91 Å². The molecule has 1 aromatic heterocycles. The second-order valence-corrected chi connectivity index (χ2v) is 5.49. The molecular formula is C14H15ClN2O2. The van der Waals surface area contributed by atoms with E-state index in [1.807, 2.05) is 0 Å². The van der Waals surface area contributed by atoms with Gasteiger partial charge in [-0.3, -0.25) is 9.78 Å². The number of pyridine rings is 1. The molecule has 2 N–H and O–H groups in total. The van der Waals surface area contributed by atoms with E-state index >= 15 is 0 Å². The van der Waals surface area contributed by atoms with Crippen LogP contribution in [0.5, 0.6) is 0 Å². The van der Waals surface area contributed by atoms with Gasteiger partial charge in [-0.1, -0.05) is 11.6 Å². The molecule has 0 saturated carbocycles. The van der Waals surface area contributed by atoms with E-state index in [4.69, 9.17) is 16.7 Å². The standard InChI is InChI=1S/C14H15ClN2O2/c1-14(2,8-18)17-13(19)10-5-9-6-11(15)3-4-12(9)16-7-10/h3-7,18H,8H2,1-2H3,(H,17,19). The number of aliphatic hydroxyl groups is 1. The lowest BCUT2D eigenvalue weighted by molar-refractivity contribution is 0.0869. The summed E-state index contributed by atoms with van der Waals surface area (Å²) in [5.41, 5.74) is 0.555. The molecule has 1 aromatic carbocycles. The van der Waals surface area contributed by atoms with Crippen LogP contribution in [0.2, 0.25) is 5.02 Å². The smallest absolute Gasteiger partial charge is 0.253 e. The Hall–Kier alpha value is -1.65. The number of carbonyl (C=O) groups excluding carboxylic acids is 1. The highest BCUT2D eigenvalue weighted by Crippen LogP contribution is 2.18. The SMILES string of the molecule is CC(C)(CO)NC(=O)c1cnc2ccc(Cl)cc2c1. The van der Waals surface area contributed by atoms with Gasteiger partial charge in [-0.15, -0.1) is 0 Å². The minimum absolute atomic E-state index is 0.133. The molecule has 4 nitrogen and oxygen atoms in total. The van der Waals surface area contributed by atoms with Gasteiger partial charge >= 0.3 is 0 Å². The molecule has 19 heavy (non-hydrogen) atoms. The normalized spacial score (nSPS) is 11.6. The van der Waals surface area contributed by atoms with Gasteiger partial charge in [0.15, 0.2) is 0 Å². The van der Waals surface area contributed by atoms with E-state index < -0.39 is 5.54 Å². The lowest BCUT2D eigenvalue weighted by atomic mass is 10.1. The summed E-state index contributed by atoms with van der Waals surface area (Å²) >= 11 is 5.92. The summed E-state index contributed by atoms with van der Waals surface area (Å²) in [5, 5.41) is 13.3. The number of nitrogens with one attached hydrogen (secondary N) is 1. The molecule has 0 radical (unpaired) electrons. The lowest BCUT2D eigenvalue weighted by Gasteiger charge is -2.23. The zero-order chi connectivity index (χ0) is 14.0. The summed E-state index contributed by atoms with van der Waals surface area (Å²) < 4.78 is 0. The number of benzene rings is 1. The first kappa shape index (κ1) is 13.8. The van der Waals surface area contributed by atoms with Crippen LogP contribution in [0.15, 0.2) is 30.5 Å². The van der Waals surface area contributed by atoms with Gasteiger partial charge in [-0.25, -0.2) is 0 Å². The largest absolute Gasteiger partial charge is 0.394 e. The third-order valence-corrected chi connectivity index (χ3v) is 2.99. The van der Waals surface area contributed by atoms with Crippen molar-refractivity contribution in [1.82, 2.24) is 10.3 Å². The van der Waals surface area contributed by atoms with Crippen LogP contribution in [-0.2, 0) is 0 Å². The van der Waals surface area contributed by atoms with E-state index in [2.05, 4.69) is 10.3 Å². The average molecular weight is 279 g/mol. The van der Waals surface area contributed by atoms with Crippen LogP contribution in [0.25, 0.3) is 10.9 Å². The van der Waals surface area contributed by atoms with E-state index in [1.165, 1.54) is 6.20 Å². The quantitative estimate of drug-likeness (QED) is 0.906. The molecule has 1 amide bonds. The Morgan fingerprint density at radius 2 is 2.16 bits per heavy atom. The van der Waals surface area contributed by atoms with Gasteiger partial charge in [0.05, 0.1) is 23.2 Å². The van der Waals surface area contributed by atoms with E-state index in [0.717, 1.165) is 10.9 Å². The predicted octanol–water partition coefficient (Wildman–Crippen LogP) is 2.39. The lowest BCUT2D eigenvalue weighted by Crippen LogP contribution is -2.46. The third kappa shape index (κ3) is 3.22. The van der Waals surface area contributed by atoms with Crippen LogP contribution in [0.4, 0.5) is 0 Å². The van der Waals surface area contributed by atoms with Gasteiger partial charge < -0.3 is 10.4 Å². The highest BCUT2D eigenvalue weighted by molar-refractivity contribution is 6.31. The Bertz CT molecular complexity index is 626. The number of amides is 1. The predicted molar refractivity (Wildman–Crippen MR) is 75.4 cm³/mol. The monoisotopic (exact) mass is 278 g/mol. The number of halogens is 1. The van der Waals surface area contributed by atoms with Crippen molar-refractivity contribution in [3.05, 3.63) is 41.0 Å². The Morgan fingerprint density at radius 3 is 2.84 bits per heavy atom. The maximum Gasteiger partial charge on any atom is 0.253 e. The third-order valence-electron chi connectivity index (χ3n) is 2.75. The Morgan fingerprint density at radius 1 is 1.42 bits per heavy atom. The summed E-state index contributed by atoms with van der Waals surface area (Å²) in [5.74, 6) is -0.270. The van der Waals surface area contributed by atoms with Crippen LogP contribution < -0.4 is 5.32 Å². The van der Waals surface area contributed by atoms with Crippen molar-refractivity contribution in [3.63, 3.8) is 0 Å². The van der Waals surface area contributed by atoms with Crippen LogP contribution in [-0.4, -0.2) is 28.1 Å². The molecule has 0 aliphatic rings. The number of carbonyl (C=O) groups is 1. The van der Waals surface area contributed by atoms with Gasteiger partial charge in [0.1, 0.15) is 0 Å². The van der Waals surface area contributed by atoms with E-state index in [-0.39, 0.29) is 12.5 Å². The minimum atomic E-state index is -0.666. The Balaban J connectivity index is 2.33. The fourth-order valence-electron chi connectivity index (χ4n) is 1.65. The van der Waals surface area contributed by atoms with Crippen LogP contribution in [0.1, 0.15) is 24.2 Å². The topological polar surface area (TPSA) is 62.2 Å². The maximum atomic E-state index is 12.1. The molecule has 5 heteroatoms. The summed E-state index contributed by atoms with van der Waals surface area (Å²) in [4.78, 5) is 16.3. The number of nitrogens with zero attached hydrogens (tertiary/aromatic N) is 1. The summed E-state index contributed by atoms with van der Waals surface area (Å²) in [6, 6.07) is 7.05. The molecule has 0 aliphatic carbocycles. The van der Waals surface area contributed by atoms with E-state index in [9.17, 15) is 4.79 Å². The highest BCUT2D eigenvalue weighted by atomic mass is 35.5. The zero-order valence-corrected chi connectivity index (χ0v) is 11.5. The zero-order valence-electron chi connectivity index (χ0n) is 10.8. The van der Waals surface area contributed by atoms with Gasteiger partial charge in [0, 0.05) is 16.6 Å². The molecule has 0 saturated heterocycles. The van der Waals surface area contributed by atoms with Crippen LogP contribution in [0.3, 0.4) is 0 Å². The fraction of sp³-hybridized carbons (Fsp3) is 0.286. The minimum Gasteiger partial charge on any atom is -0.394 e. The first-order valence-electron chi connectivity index (χ1n) is 5.90. The number of fused-ring (bicyclic) bond motifs is 1. The van der Waals surface area contributed by atoms with Crippen molar-refractivity contribution >= 4 is 28.4 Å². The molecule has 0 atom stereocenters. The number of hydrogen-bond acceptors (Lipinski definition) is 3. The number of aromatic nitrogens is 1. The summed E-state index contributed by atoms with van der Waals surface area (Å²) in [7, 11) is 0. The number of aliphatic hydroxyl groups excluding tert-OH is 1. The molecule has 2 rings (SSSR count). The van der Waals surface area contributed by atoms with Gasteiger partial charge in [-0.2, -0.15) is 0 Å². The molecule has 1 heterocycles. The number of hydrogen-bond donors (Lipinski definition) is 2. The van der Waals surface area contributed by atoms with Crippen molar-refractivity contribution in [1.29, 1.82) is 0 Å². The molecule has 0 unspecified atom stereocenters. The molecule has 0 fully saturated rings. The van der Waals surface area contributed by atoms with Crippen molar-refractivity contribution in [3.8, 4) is 0 Å². The molecule has 0 aliphatic heterocycles. The fourth-order valence-corrected chi connectivity index (χ4v) is 1.83. The van der Waals surface area contributed by atoms with E-state index in [0.29, 0.717) is 10.6 Å². The average Bonchev–Trinajstić information content (AvgIpc) is 2.37. The first-order chi connectivity index (χ1) is 8.91. The van der Waals surface area contributed by atoms with Crippen molar-refractivity contribution in [2.24, 2.45) is 0 Å². The highest BCUT2D eigenvalue weighted by Gasteiger charge is 2.20. The van der Waals surface area contributed by atoms with Crippen molar-refractivity contribution in [2.75, 3.05) is 6.61 Å². The molecule has 2 aromatic rings. The van der Waals surface area contributed by atoms with Crippen LogP contribution >= 0.6 is 11.6 Å². The van der Waals surface area contributed by atoms with Crippen LogP contribution in [0, 0.1) is 0 Å². The molecule has 0 spiro atoms. The second kappa shape index (κ2) is 5.15. The summed E-state index contributed by atoms with van der Waals surface area (Å²) in [6.07, 6.45) is 1.51. The van der Waals surface area contributed by atoms with E-state index in [1.54, 1.807) is 38.1 Å². The Kier molecular flexibility index (Phi) is 3.73. The number of rotatable bonds is 3. The molecule has 0 bridgehead atoms.